The highest BCUT2D eigenvalue weighted by molar-refractivity contribution is 6.31. The summed E-state index contributed by atoms with van der Waals surface area (Å²) >= 11 is 6.09. The highest BCUT2D eigenvalue weighted by Gasteiger charge is 2.15. The molecule has 0 spiro atoms. The Labute approximate surface area is 166 Å². The van der Waals surface area contributed by atoms with Crippen LogP contribution in [0.5, 0.6) is 11.5 Å². The molecule has 138 valence electrons. The molecule has 0 saturated heterocycles. The van der Waals surface area contributed by atoms with Crippen molar-refractivity contribution in [2.45, 2.75) is 0 Å². The van der Waals surface area contributed by atoms with Crippen LogP contribution in [0, 0.1) is 0 Å². The van der Waals surface area contributed by atoms with E-state index in [2.05, 4.69) is 15.6 Å². The van der Waals surface area contributed by atoms with Gasteiger partial charge in [0.1, 0.15) is 5.75 Å². The summed E-state index contributed by atoms with van der Waals surface area (Å²) < 4.78 is 7.40. The Balaban J connectivity index is 1.56. The van der Waals surface area contributed by atoms with Gasteiger partial charge >= 0.3 is 0 Å². The number of hydrogen-bond donors (Lipinski definition) is 1. The Morgan fingerprint density at radius 2 is 1.68 bits per heavy atom. The second-order valence-electron chi connectivity index (χ2n) is 5.89. The largest absolute Gasteiger partial charge is 0.455 e. The van der Waals surface area contributed by atoms with Crippen molar-refractivity contribution in [3.05, 3.63) is 95.8 Å². The van der Waals surface area contributed by atoms with Gasteiger partial charge in [0.25, 0.3) is 5.91 Å². The van der Waals surface area contributed by atoms with Gasteiger partial charge in [0.05, 0.1) is 17.6 Å². The molecule has 28 heavy (non-hydrogen) atoms. The van der Waals surface area contributed by atoms with Gasteiger partial charge in [-0.2, -0.15) is 0 Å². The highest BCUT2D eigenvalue weighted by atomic mass is 35.5. The summed E-state index contributed by atoms with van der Waals surface area (Å²) in [7, 11) is 0. The molecule has 0 bridgehead atoms. The Hall–Kier alpha value is -3.64. The number of hydrogen-bond acceptors (Lipinski definition) is 4. The van der Waals surface area contributed by atoms with Crippen LogP contribution in [0.4, 0.5) is 5.69 Å². The van der Waals surface area contributed by atoms with Crippen LogP contribution in [-0.4, -0.2) is 20.9 Å². The summed E-state index contributed by atoms with van der Waals surface area (Å²) in [5.74, 6) is 0.706. The number of anilines is 1. The van der Waals surface area contributed by atoms with Crippen LogP contribution in [0.25, 0.3) is 5.69 Å². The molecule has 1 N–H and O–H groups in total. The molecule has 4 rings (SSSR count). The average Bonchev–Trinajstić information content (AvgIpc) is 3.22. The third-order valence-electron chi connectivity index (χ3n) is 3.91. The van der Waals surface area contributed by atoms with Gasteiger partial charge in [0, 0.05) is 5.02 Å². The summed E-state index contributed by atoms with van der Waals surface area (Å²) in [5, 5.41) is 11.2. The third-order valence-corrected chi connectivity index (χ3v) is 4.14. The number of para-hydroxylation sites is 2. The molecule has 0 atom stereocenters. The number of carbonyl (C=O) groups is 1. The first kappa shape index (κ1) is 17.8. The van der Waals surface area contributed by atoms with Crippen molar-refractivity contribution < 1.29 is 9.53 Å². The fourth-order valence-corrected chi connectivity index (χ4v) is 2.74. The molecule has 4 aromatic rings. The second kappa shape index (κ2) is 7.94. The summed E-state index contributed by atoms with van der Waals surface area (Å²) in [4.78, 5) is 12.6. The number of ether oxygens (including phenoxy) is 1. The van der Waals surface area contributed by atoms with E-state index in [1.807, 2.05) is 60.7 Å². The number of nitrogens with one attached hydrogen (secondary N) is 1. The lowest BCUT2D eigenvalue weighted by atomic mass is 10.2. The van der Waals surface area contributed by atoms with Gasteiger partial charge in [-0.15, -0.1) is 5.10 Å². The third kappa shape index (κ3) is 4.02. The van der Waals surface area contributed by atoms with E-state index in [4.69, 9.17) is 16.3 Å². The number of nitrogens with zero attached hydrogens (tertiary/aromatic N) is 3. The Kier molecular flexibility index (Phi) is 5.03. The molecular weight excluding hydrogens is 376 g/mol. The van der Waals surface area contributed by atoms with E-state index < -0.39 is 5.91 Å². The topological polar surface area (TPSA) is 69.0 Å². The minimum Gasteiger partial charge on any atom is -0.455 e. The van der Waals surface area contributed by atoms with Crippen LogP contribution in [0.1, 0.15) is 10.5 Å². The van der Waals surface area contributed by atoms with E-state index >= 15 is 0 Å². The van der Waals surface area contributed by atoms with Crippen LogP contribution in [-0.2, 0) is 0 Å². The molecule has 0 radical (unpaired) electrons. The minimum atomic E-state index is -0.414. The van der Waals surface area contributed by atoms with Crippen molar-refractivity contribution >= 4 is 23.2 Å². The van der Waals surface area contributed by atoms with Gasteiger partial charge in [-0.25, -0.2) is 4.68 Å². The molecule has 0 aliphatic carbocycles. The van der Waals surface area contributed by atoms with E-state index in [0.717, 1.165) is 5.69 Å². The smallest absolute Gasteiger partial charge is 0.277 e. The monoisotopic (exact) mass is 390 g/mol. The molecule has 1 heterocycles. The molecule has 0 saturated carbocycles. The predicted molar refractivity (Wildman–Crippen MR) is 107 cm³/mol. The quantitative estimate of drug-likeness (QED) is 0.522. The fourth-order valence-electron chi connectivity index (χ4n) is 2.57. The molecule has 0 unspecified atom stereocenters. The number of rotatable bonds is 5. The fraction of sp³-hybridized carbons (Fsp3) is 0. The van der Waals surface area contributed by atoms with Crippen molar-refractivity contribution in [3.63, 3.8) is 0 Å². The lowest BCUT2D eigenvalue weighted by molar-refractivity contribution is 0.102. The van der Waals surface area contributed by atoms with E-state index in [-0.39, 0.29) is 5.69 Å². The highest BCUT2D eigenvalue weighted by Crippen LogP contribution is 2.32. The van der Waals surface area contributed by atoms with E-state index in [1.54, 1.807) is 24.4 Å². The molecule has 1 amide bonds. The van der Waals surface area contributed by atoms with Gasteiger partial charge in [-0.1, -0.05) is 53.2 Å². The zero-order chi connectivity index (χ0) is 19.3. The predicted octanol–water partition coefficient (Wildman–Crippen LogP) is 4.97. The number of halogens is 1. The standard InChI is InChI=1S/C21H15ClN4O2/c22-15-11-12-20(28-17-9-5-2-6-10-17)18(13-15)23-21(27)19-14-26(25-24-19)16-7-3-1-4-8-16/h1-14H,(H,23,27). The summed E-state index contributed by atoms with van der Waals surface area (Å²) in [5.41, 5.74) is 1.43. The van der Waals surface area contributed by atoms with Crippen LogP contribution < -0.4 is 10.1 Å². The van der Waals surface area contributed by atoms with Gasteiger partial charge in [0.2, 0.25) is 0 Å². The molecule has 7 heteroatoms. The van der Waals surface area contributed by atoms with Crippen molar-refractivity contribution in [1.82, 2.24) is 15.0 Å². The summed E-state index contributed by atoms with van der Waals surface area (Å²) in [6.07, 6.45) is 1.56. The van der Waals surface area contributed by atoms with Crippen molar-refractivity contribution in [2.75, 3.05) is 5.32 Å². The summed E-state index contributed by atoms with van der Waals surface area (Å²) in [6.45, 7) is 0. The maximum atomic E-state index is 12.6. The molecule has 6 nitrogen and oxygen atoms in total. The molecule has 1 aromatic heterocycles. The van der Waals surface area contributed by atoms with Gasteiger partial charge < -0.3 is 10.1 Å². The molecule has 0 aliphatic heterocycles. The zero-order valence-corrected chi connectivity index (χ0v) is 15.4. The molecule has 3 aromatic carbocycles. The minimum absolute atomic E-state index is 0.175. The Bertz CT molecular complexity index is 1100. The first-order valence-corrected chi connectivity index (χ1v) is 8.88. The summed E-state index contributed by atoms with van der Waals surface area (Å²) in [6, 6.07) is 23.7. The van der Waals surface area contributed by atoms with Crippen LogP contribution in [0.2, 0.25) is 5.02 Å². The molecule has 0 aliphatic rings. The lowest BCUT2D eigenvalue weighted by Gasteiger charge is -2.12. The average molecular weight is 391 g/mol. The molecule has 0 fully saturated rings. The van der Waals surface area contributed by atoms with Crippen LogP contribution in [0.3, 0.4) is 0 Å². The van der Waals surface area contributed by atoms with E-state index in [9.17, 15) is 4.79 Å². The van der Waals surface area contributed by atoms with Crippen LogP contribution in [0.15, 0.2) is 85.1 Å². The van der Waals surface area contributed by atoms with E-state index in [0.29, 0.717) is 22.2 Å². The van der Waals surface area contributed by atoms with E-state index in [1.165, 1.54) is 4.68 Å². The Morgan fingerprint density at radius 1 is 0.964 bits per heavy atom. The first-order valence-electron chi connectivity index (χ1n) is 8.50. The SMILES string of the molecule is O=C(Nc1cc(Cl)ccc1Oc1ccccc1)c1cn(-c2ccccc2)nn1. The first-order chi connectivity index (χ1) is 13.7. The molecular formula is C21H15ClN4O2. The van der Waals surface area contributed by atoms with Crippen molar-refractivity contribution in [1.29, 1.82) is 0 Å². The van der Waals surface area contributed by atoms with Crippen molar-refractivity contribution in [2.24, 2.45) is 0 Å². The lowest BCUT2D eigenvalue weighted by Crippen LogP contribution is -2.13. The number of aromatic nitrogens is 3. The van der Waals surface area contributed by atoms with Crippen molar-refractivity contribution in [3.8, 4) is 17.2 Å². The normalized spacial score (nSPS) is 10.5. The van der Waals surface area contributed by atoms with Gasteiger partial charge in [-0.3, -0.25) is 4.79 Å². The Morgan fingerprint density at radius 3 is 2.43 bits per heavy atom. The van der Waals surface area contributed by atoms with Crippen LogP contribution >= 0.6 is 11.6 Å². The maximum absolute atomic E-state index is 12.6. The second-order valence-corrected chi connectivity index (χ2v) is 6.33. The maximum Gasteiger partial charge on any atom is 0.277 e. The van der Waals surface area contributed by atoms with Gasteiger partial charge in [-0.05, 0) is 42.5 Å². The number of amides is 1. The number of benzene rings is 3. The van der Waals surface area contributed by atoms with Gasteiger partial charge in [0.15, 0.2) is 11.4 Å². The zero-order valence-electron chi connectivity index (χ0n) is 14.6. The number of carbonyl (C=O) groups excluding carboxylic acids is 1.